The van der Waals surface area contributed by atoms with Gasteiger partial charge in [0.2, 0.25) is 0 Å². The first-order valence-corrected chi connectivity index (χ1v) is 5.73. The van der Waals surface area contributed by atoms with Crippen molar-refractivity contribution in [3.8, 4) is 0 Å². The molecule has 0 bridgehead atoms. The highest BCUT2D eigenvalue weighted by Gasteiger charge is 2.20. The maximum Gasteiger partial charge on any atom is 0.337 e. The SMILES string of the molecule is O=C(O)C(O)c1cccc(Cl)c1CCCCl. The predicted molar refractivity (Wildman–Crippen MR) is 63.1 cm³/mol. The summed E-state index contributed by atoms with van der Waals surface area (Å²) in [6, 6.07) is 4.85. The van der Waals surface area contributed by atoms with Crippen LogP contribution < -0.4 is 0 Å². The lowest BCUT2D eigenvalue weighted by molar-refractivity contribution is -0.147. The normalized spacial score (nSPS) is 12.4. The second-order valence-electron chi connectivity index (χ2n) is 3.34. The van der Waals surface area contributed by atoms with Crippen LogP contribution in [-0.2, 0) is 11.2 Å². The molecule has 1 aromatic rings. The van der Waals surface area contributed by atoms with Crippen LogP contribution in [0, 0.1) is 0 Å². The average Bonchev–Trinajstić information content (AvgIpc) is 2.26. The molecule has 0 aliphatic heterocycles. The Hall–Kier alpha value is -0.770. The van der Waals surface area contributed by atoms with Crippen molar-refractivity contribution in [3.63, 3.8) is 0 Å². The molecule has 1 rings (SSSR count). The first-order valence-electron chi connectivity index (χ1n) is 4.82. The van der Waals surface area contributed by atoms with Gasteiger partial charge in [-0.15, -0.1) is 11.6 Å². The van der Waals surface area contributed by atoms with Crippen LogP contribution in [0.2, 0.25) is 5.02 Å². The number of carbonyl (C=O) groups is 1. The summed E-state index contributed by atoms with van der Waals surface area (Å²) < 4.78 is 0. The fourth-order valence-electron chi connectivity index (χ4n) is 1.47. The van der Waals surface area contributed by atoms with Crippen molar-refractivity contribution in [3.05, 3.63) is 34.3 Å². The molecule has 5 heteroatoms. The van der Waals surface area contributed by atoms with Crippen LogP contribution in [0.3, 0.4) is 0 Å². The van der Waals surface area contributed by atoms with Gasteiger partial charge in [0, 0.05) is 10.9 Å². The fraction of sp³-hybridized carbons (Fsp3) is 0.364. The highest BCUT2D eigenvalue weighted by Crippen LogP contribution is 2.26. The van der Waals surface area contributed by atoms with E-state index in [1.54, 1.807) is 18.2 Å². The van der Waals surface area contributed by atoms with E-state index in [1.807, 2.05) is 0 Å². The molecule has 2 N–H and O–H groups in total. The number of rotatable bonds is 5. The third kappa shape index (κ3) is 3.11. The average molecular weight is 263 g/mol. The predicted octanol–water partition coefficient (Wildman–Crippen LogP) is 2.63. The second kappa shape index (κ2) is 6.09. The Morgan fingerprint density at radius 3 is 2.69 bits per heavy atom. The van der Waals surface area contributed by atoms with Gasteiger partial charge in [0.1, 0.15) is 0 Å². The summed E-state index contributed by atoms with van der Waals surface area (Å²) in [5.41, 5.74) is 0.991. The van der Waals surface area contributed by atoms with Crippen molar-refractivity contribution < 1.29 is 15.0 Å². The maximum absolute atomic E-state index is 10.7. The summed E-state index contributed by atoms with van der Waals surface area (Å²) >= 11 is 11.5. The Balaban J connectivity index is 3.06. The molecule has 0 fully saturated rings. The largest absolute Gasteiger partial charge is 0.479 e. The van der Waals surface area contributed by atoms with E-state index in [2.05, 4.69) is 0 Å². The Morgan fingerprint density at radius 2 is 2.12 bits per heavy atom. The molecule has 1 aromatic carbocycles. The minimum atomic E-state index is -1.54. The van der Waals surface area contributed by atoms with E-state index in [4.69, 9.17) is 28.3 Å². The number of aliphatic carboxylic acids is 1. The topological polar surface area (TPSA) is 57.5 Å². The second-order valence-corrected chi connectivity index (χ2v) is 4.13. The molecule has 0 aromatic heterocycles. The number of aliphatic hydroxyl groups is 1. The van der Waals surface area contributed by atoms with Gasteiger partial charge in [-0.05, 0) is 30.0 Å². The smallest absolute Gasteiger partial charge is 0.337 e. The quantitative estimate of drug-likeness (QED) is 0.803. The molecule has 1 unspecified atom stereocenters. The van der Waals surface area contributed by atoms with Crippen LogP contribution >= 0.6 is 23.2 Å². The Kier molecular flexibility index (Phi) is 5.06. The van der Waals surface area contributed by atoms with Crippen LogP contribution in [-0.4, -0.2) is 22.1 Å². The molecule has 0 saturated carbocycles. The summed E-state index contributed by atoms with van der Waals surface area (Å²) in [6.45, 7) is 0. The number of benzene rings is 1. The van der Waals surface area contributed by atoms with Gasteiger partial charge in [-0.25, -0.2) is 4.79 Å². The highest BCUT2D eigenvalue weighted by molar-refractivity contribution is 6.31. The zero-order valence-electron chi connectivity index (χ0n) is 8.49. The van der Waals surface area contributed by atoms with Crippen LogP contribution in [0.15, 0.2) is 18.2 Å². The van der Waals surface area contributed by atoms with E-state index < -0.39 is 12.1 Å². The Labute approximate surface area is 104 Å². The lowest BCUT2D eigenvalue weighted by Crippen LogP contribution is -2.13. The number of hydrogen-bond donors (Lipinski definition) is 2. The van der Waals surface area contributed by atoms with Gasteiger partial charge in [-0.2, -0.15) is 0 Å². The first kappa shape index (κ1) is 13.3. The Morgan fingerprint density at radius 1 is 1.44 bits per heavy atom. The van der Waals surface area contributed by atoms with Gasteiger partial charge < -0.3 is 10.2 Å². The van der Waals surface area contributed by atoms with Crippen LogP contribution in [0.5, 0.6) is 0 Å². The summed E-state index contributed by atoms with van der Waals surface area (Å²) in [7, 11) is 0. The van der Waals surface area contributed by atoms with E-state index in [9.17, 15) is 9.90 Å². The highest BCUT2D eigenvalue weighted by atomic mass is 35.5. The standard InChI is InChI=1S/C11H12Cl2O3/c12-6-2-4-7-8(10(14)11(15)16)3-1-5-9(7)13/h1,3,5,10,14H,2,4,6H2,(H,15,16). The van der Waals surface area contributed by atoms with Crippen molar-refractivity contribution in [2.75, 3.05) is 5.88 Å². The van der Waals surface area contributed by atoms with Gasteiger partial charge in [0.15, 0.2) is 6.10 Å². The minimum absolute atomic E-state index is 0.338. The van der Waals surface area contributed by atoms with Crippen molar-refractivity contribution >= 4 is 29.2 Å². The van der Waals surface area contributed by atoms with E-state index in [0.717, 1.165) is 0 Å². The number of carboxylic acids is 1. The van der Waals surface area contributed by atoms with Crippen LogP contribution in [0.1, 0.15) is 23.7 Å². The Bertz CT molecular complexity index is 379. The molecular formula is C11H12Cl2O3. The van der Waals surface area contributed by atoms with Crippen LogP contribution in [0.25, 0.3) is 0 Å². The van der Waals surface area contributed by atoms with Gasteiger partial charge in [0.25, 0.3) is 0 Å². The van der Waals surface area contributed by atoms with Gasteiger partial charge in [-0.3, -0.25) is 0 Å². The van der Waals surface area contributed by atoms with Crippen molar-refractivity contribution in [1.82, 2.24) is 0 Å². The van der Waals surface area contributed by atoms with Crippen molar-refractivity contribution in [2.24, 2.45) is 0 Å². The lowest BCUT2D eigenvalue weighted by atomic mass is 9.99. The van der Waals surface area contributed by atoms with Crippen molar-refractivity contribution in [1.29, 1.82) is 0 Å². The van der Waals surface area contributed by atoms with Gasteiger partial charge in [0.05, 0.1) is 0 Å². The first-order chi connectivity index (χ1) is 7.57. The van der Waals surface area contributed by atoms with E-state index in [1.165, 1.54) is 0 Å². The van der Waals surface area contributed by atoms with Crippen molar-refractivity contribution in [2.45, 2.75) is 18.9 Å². The molecule has 1 atom stereocenters. The van der Waals surface area contributed by atoms with Crippen LogP contribution in [0.4, 0.5) is 0 Å². The molecule has 88 valence electrons. The molecule has 0 aliphatic rings. The third-order valence-corrected chi connectivity index (χ3v) is 2.87. The zero-order valence-corrected chi connectivity index (χ0v) is 10.0. The number of halogens is 2. The lowest BCUT2D eigenvalue weighted by Gasteiger charge is -2.13. The van der Waals surface area contributed by atoms with Gasteiger partial charge >= 0.3 is 5.97 Å². The number of hydrogen-bond acceptors (Lipinski definition) is 2. The van der Waals surface area contributed by atoms with E-state index in [0.29, 0.717) is 34.9 Å². The number of alkyl halides is 1. The molecular weight excluding hydrogens is 251 g/mol. The summed E-state index contributed by atoms with van der Waals surface area (Å²) in [5, 5.41) is 18.7. The molecule has 3 nitrogen and oxygen atoms in total. The molecule has 0 spiro atoms. The minimum Gasteiger partial charge on any atom is -0.479 e. The number of aliphatic hydroxyl groups excluding tert-OH is 1. The molecule has 16 heavy (non-hydrogen) atoms. The summed E-state index contributed by atoms with van der Waals surface area (Å²) in [5.74, 6) is -0.817. The molecule has 0 saturated heterocycles. The molecule has 0 heterocycles. The molecule has 0 radical (unpaired) electrons. The summed E-state index contributed by atoms with van der Waals surface area (Å²) in [6.07, 6.45) is -0.294. The number of carboxylic acid groups (broad SMARTS) is 1. The maximum atomic E-state index is 10.7. The van der Waals surface area contributed by atoms with E-state index >= 15 is 0 Å². The molecule has 0 aliphatic carbocycles. The van der Waals surface area contributed by atoms with Gasteiger partial charge in [-0.1, -0.05) is 23.7 Å². The summed E-state index contributed by atoms with van der Waals surface area (Å²) in [4.78, 5) is 10.7. The van der Waals surface area contributed by atoms with E-state index in [-0.39, 0.29) is 0 Å². The monoisotopic (exact) mass is 262 g/mol. The molecule has 0 amide bonds. The third-order valence-electron chi connectivity index (χ3n) is 2.24. The fourth-order valence-corrected chi connectivity index (χ4v) is 1.88. The zero-order chi connectivity index (χ0) is 12.1.